The molecule has 0 saturated carbocycles. The maximum absolute atomic E-state index is 14.5. The highest BCUT2D eigenvalue weighted by Crippen LogP contribution is 2.40. The van der Waals surface area contributed by atoms with Crippen molar-refractivity contribution in [1.29, 1.82) is 0 Å². The Morgan fingerprint density at radius 2 is 1.62 bits per heavy atom. The van der Waals surface area contributed by atoms with Gasteiger partial charge >= 0.3 is 0 Å². The molecule has 5 nitrogen and oxygen atoms in total. The zero-order chi connectivity index (χ0) is 18.3. The topological polar surface area (TPSA) is 46.3 Å². The largest absolute Gasteiger partial charge is 0.356 e. The van der Waals surface area contributed by atoms with Crippen LogP contribution in [0.5, 0.6) is 0 Å². The van der Waals surface area contributed by atoms with Gasteiger partial charge in [-0.25, -0.2) is 13.2 Å². The molecule has 1 saturated heterocycles. The van der Waals surface area contributed by atoms with Gasteiger partial charge in [0.05, 0.1) is 11.1 Å². The fourth-order valence-electron chi connectivity index (χ4n) is 3.35. The predicted molar refractivity (Wildman–Crippen MR) is 91.8 cm³/mol. The van der Waals surface area contributed by atoms with Crippen molar-refractivity contribution in [3.63, 3.8) is 0 Å². The quantitative estimate of drug-likeness (QED) is 0.492. The van der Waals surface area contributed by atoms with E-state index in [1.165, 1.54) is 10.8 Å². The van der Waals surface area contributed by atoms with Crippen LogP contribution in [0.1, 0.15) is 25.7 Å². The molecule has 9 heteroatoms. The number of hydrogen-bond donors (Lipinski definition) is 0. The van der Waals surface area contributed by atoms with Crippen LogP contribution in [0.4, 0.5) is 19.0 Å². The number of halogens is 4. The number of benzene rings is 1. The van der Waals surface area contributed by atoms with E-state index in [1.54, 1.807) is 0 Å². The lowest BCUT2D eigenvalue weighted by atomic mass is 10.1. The number of nitrogens with zero attached hydrogens (tertiary/aromatic N) is 5. The van der Waals surface area contributed by atoms with E-state index in [-0.39, 0.29) is 16.5 Å². The standard InChI is InChI=1S/C17H15ClF3N5/c18-15-13(12-10(19)5-6-11(20)14(12)21)16(25-7-3-1-2-4-8-25)26-17(24-15)22-9-23-26/h5-6,9H,1-4,7-8H2. The van der Waals surface area contributed by atoms with Crippen molar-refractivity contribution >= 4 is 23.2 Å². The number of aromatic nitrogens is 4. The summed E-state index contributed by atoms with van der Waals surface area (Å²) >= 11 is 6.28. The number of anilines is 1. The van der Waals surface area contributed by atoms with E-state index in [4.69, 9.17) is 11.6 Å². The molecule has 0 unspecified atom stereocenters. The molecule has 0 N–H and O–H groups in total. The third-order valence-corrected chi connectivity index (χ3v) is 4.83. The van der Waals surface area contributed by atoms with Crippen molar-refractivity contribution in [2.24, 2.45) is 0 Å². The molecule has 0 atom stereocenters. The average Bonchev–Trinajstić information content (AvgIpc) is 2.91. The molecule has 0 spiro atoms. The van der Waals surface area contributed by atoms with Crippen molar-refractivity contribution in [3.05, 3.63) is 41.1 Å². The number of hydrogen-bond acceptors (Lipinski definition) is 4. The van der Waals surface area contributed by atoms with E-state index in [2.05, 4.69) is 15.1 Å². The highest BCUT2D eigenvalue weighted by Gasteiger charge is 2.28. The average molecular weight is 382 g/mol. The molecular weight excluding hydrogens is 367 g/mol. The first-order chi connectivity index (χ1) is 12.6. The lowest BCUT2D eigenvalue weighted by molar-refractivity contribution is 0.499. The Labute approximate surface area is 152 Å². The lowest BCUT2D eigenvalue weighted by Gasteiger charge is -2.26. The minimum Gasteiger partial charge on any atom is -0.356 e. The first kappa shape index (κ1) is 17.1. The fraction of sp³-hybridized carbons (Fsp3) is 0.353. The van der Waals surface area contributed by atoms with E-state index in [9.17, 15) is 13.2 Å². The van der Waals surface area contributed by atoms with E-state index in [0.29, 0.717) is 18.9 Å². The molecule has 1 aliphatic heterocycles. The molecule has 4 rings (SSSR count). The van der Waals surface area contributed by atoms with Crippen LogP contribution in [0.15, 0.2) is 18.5 Å². The fourth-order valence-corrected chi connectivity index (χ4v) is 3.60. The van der Waals surface area contributed by atoms with Crippen LogP contribution < -0.4 is 4.90 Å². The monoisotopic (exact) mass is 381 g/mol. The summed E-state index contributed by atoms with van der Waals surface area (Å²) < 4.78 is 44.2. The summed E-state index contributed by atoms with van der Waals surface area (Å²) in [6, 6.07) is 1.62. The summed E-state index contributed by atoms with van der Waals surface area (Å²) in [7, 11) is 0. The maximum Gasteiger partial charge on any atom is 0.255 e. The Kier molecular flexibility index (Phi) is 4.44. The molecule has 0 aliphatic carbocycles. The Balaban J connectivity index is 2.04. The molecule has 26 heavy (non-hydrogen) atoms. The second kappa shape index (κ2) is 6.75. The van der Waals surface area contributed by atoms with Gasteiger partial charge < -0.3 is 4.90 Å². The molecule has 1 fully saturated rings. The van der Waals surface area contributed by atoms with E-state index >= 15 is 0 Å². The minimum absolute atomic E-state index is 0.0129. The molecule has 3 aromatic rings. The molecule has 136 valence electrons. The van der Waals surface area contributed by atoms with Crippen molar-refractivity contribution < 1.29 is 13.2 Å². The van der Waals surface area contributed by atoms with Crippen LogP contribution in [0, 0.1) is 17.5 Å². The van der Waals surface area contributed by atoms with Gasteiger partial charge in [0.25, 0.3) is 5.78 Å². The summed E-state index contributed by atoms with van der Waals surface area (Å²) in [5, 5.41) is 3.99. The van der Waals surface area contributed by atoms with Crippen LogP contribution in [0.25, 0.3) is 16.9 Å². The molecular formula is C17H15ClF3N5. The number of fused-ring (bicyclic) bond motifs is 1. The predicted octanol–water partition coefficient (Wildman–Crippen LogP) is 4.24. The zero-order valence-corrected chi connectivity index (χ0v) is 14.5. The van der Waals surface area contributed by atoms with E-state index in [0.717, 1.165) is 37.8 Å². The normalized spacial score (nSPS) is 15.5. The Morgan fingerprint density at radius 1 is 0.923 bits per heavy atom. The minimum atomic E-state index is -1.30. The summed E-state index contributed by atoms with van der Waals surface area (Å²) in [5.41, 5.74) is -0.555. The van der Waals surface area contributed by atoms with E-state index in [1.807, 2.05) is 4.90 Å². The summed E-state index contributed by atoms with van der Waals surface area (Å²) in [6.07, 6.45) is 5.26. The van der Waals surface area contributed by atoms with Gasteiger partial charge in [0.1, 0.15) is 23.1 Å². The van der Waals surface area contributed by atoms with Gasteiger partial charge in [-0.1, -0.05) is 24.4 Å². The van der Waals surface area contributed by atoms with Crippen molar-refractivity contribution in [3.8, 4) is 11.1 Å². The van der Waals surface area contributed by atoms with Gasteiger partial charge in [-0.3, -0.25) is 0 Å². The molecule has 3 heterocycles. The second-order valence-corrected chi connectivity index (χ2v) is 6.55. The lowest BCUT2D eigenvalue weighted by Crippen LogP contribution is -2.27. The van der Waals surface area contributed by atoms with Gasteiger partial charge in [0.15, 0.2) is 11.6 Å². The smallest absolute Gasteiger partial charge is 0.255 e. The SMILES string of the molecule is Fc1ccc(F)c(-c2c(Cl)nc3ncnn3c2N2CCCCCC2)c1F. The third-order valence-electron chi connectivity index (χ3n) is 4.56. The molecule has 2 aromatic heterocycles. The van der Waals surface area contributed by atoms with E-state index < -0.39 is 23.0 Å². The zero-order valence-electron chi connectivity index (χ0n) is 13.7. The van der Waals surface area contributed by atoms with Gasteiger partial charge in [0, 0.05) is 13.1 Å². The maximum atomic E-state index is 14.5. The van der Waals surface area contributed by atoms with Gasteiger partial charge in [-0.15, -0.1) is 0 Å². The first-order valence-corrected chi connectivity index (χ1v) is 8.74. The van der Waals surface area contributed by atoms with Crippen LogP contribution in [0.3, 0.4) is 0 Å². The molecule has 0 bridgehead atoms. The second-order valence-electron chi connectivity index (χ2n) is 6.19. The first-order valence-electron chi connectivity index (χ1n) is 8.36. The molecule has 0 amide bonds. The summed E-state index contributed by atoms with van der Waals surface area (Å²) in [4.78, 5) is 10.1. The van der Waals surface area contributed by atoms with Gasteiger partial charge in [0.2, 0.25) is 0 Å². The summed E-state index contributed by atoms with van der Waals surface area (Å²) in [6.45, 7) is 1.34. The third kappa shape index (κ3) is 2.78. The molecule has 1 aliphatic rings. The van der Waals surface area contributed by atoms with Crippen LogP contribution in [0.2, 0.25) is 5.15 Å². The van der Waals surface area contributed by atoms with Crippen LogP contribution in [-0.2, 0) is 0 Å². The Morgan fingerprint density at radius 3 is 2.35 bits per heavy atom. The van der Waals surface area contributed by atoms with Crippen LogP contribution in [-0.4, -0.2) is 32.7 Å². The highest BCUT2D eigenvalue weighted by molar-refractivity contribution is 6.33. The Bertz CT molecular complexity index is 967. The summed E-state index contributed by atoms with van der Waals surface area (Å²) in [5.74, 6) is -2.77. The van der Waals surface area contributed by atoms with Crippen molar-refractivity contribution in [1.82, 2.24) is 19.6 Å². The van der Waals surface area contributed by atoms with Gasteiger partial charge in [-0.05, 0) is 25.0 Å². The van der Waals surface area contributed by atoms with Gasteiger partial charge in [-0.2, -0.15) is 19.6 Å². The highest BCUT2D eigenvalue weighted by atomic mass is 35.5. The number of rotatable bonds is 2. The molecule has 1 aromatic carbocycles. The van der Waals surface area contributed by atoms with Crippen molar-refractivity contribution in [2.75, 3.05) is 18.0 Å². The molecule has 0 radical (unpaired) electrons. The van der Waals surface area contributed by atoms with Crippen molar-refractivity contribution in [2.45, 2.75) is 25.7 Å². The Hall–Kier alpha value is -2.35. The van der Waals surface area contributed by atoms with Crippen LogP contribution >= 0.6 is 11.6 Å².